The third-order valence-electron chi connectivity index (χ3n) is 4.02. The number of aliphatic hydroxyl groups is 1. The van der Waals surface area contributed by atoms with Crippen LogP contribution in [-0.4, -0.2) is 24.2 Å². The number of hydrogen-bond donors (Lipinski definition) is 2. The summed E-state index contributed by atoms with van der Waals surface area (Å²) in [6, 6.07) is 8.93. The van der Waals surface area contributed by atoms with E-state index in [9.17, 15) is 9.90 Å². The van der Waals surface area contributed by atoms with Gasteiger partial charge in [0.2, 0.25) is 0 Å². The van der Waals surface area contributed by atoms with Crippen molar-refractivity contribution in [2.45, 2.75) is 46.1 Å². The highest BCUT2D eigenvalue weighted by Crippen LogP contribution is 2.23. The van der Waals surface area contributed by atoms with Crippen LogP contribution in [0.4, 0.5) is 0 Å². The first-order valence-electron chi connectivity index (χ1n) is 8.77. The number of ether oxygens (including phenoxy) is 1. The van der Waals surface area contributed by atoms with E-state index in [1.807, 2.05) is 19.9 Å². The highest BCUT2D eigenvalue weighted by atomic mass is 16.5. The fourth-order valence-electron chi connectivity index (χ4n) is 2.60. The van der Waals surface area contributed by atoms with Crippen molar-refractivity contribution >= 4 is 5.91 Å². The van der Waals surface area contributed by atoms with Crippen LogP contribution in [0.5, 0.6) is 5.75 Å². The molecule has 0 spiro atoms. The summed E-state index contributed by atoms with van der Waals surface area (Å²) in [5.74, 6) is 2.10. The monoisotopic (exact) mass is 345 g/mol. The highest BCUT2D eigenvalue weighted by molar-refractivity contribution is 5.94. The van der Waals surface area contributed by atoms with Crippen molar-refractivity contribution in [1.82, 2.24) is 5.32 Å². The number of unbranched alkanes of at least 4 members (excludes halogenated alkanes) is 1. The Morgan fingerprint density at radius 1 is 1.28 bits per heavy atom. The van der Waals surface area contributed by atoms with Crippen LogP contribution in [0.2, 0.25) is 0 Å². The Hall–Kier alpha value is -2.27. The average molecular weight is 345 g/mol. The number of benzene rings is 1. The van der Waals surface area contributed by atoms with Gasteiger partial charge in [0.1, 0.15) is 17.3 Å². The van der Waals surface area contributed by atoms with Gasteiger partial charge in [-0.05, 0) is 57.0 Å². The predicted molar refractivity (Wildman–Crippen MR) is 96.9 cm³/mol. The SMILES string of the molecule is CCCCOc1ccc(C(=O)NCC[C@@H](O)c2cc(C)oc2C)cc1. The van der Waals surface area contributed by atoms with Crippen LogP contribution >= 0.6 is 0 Å². The minimum absolute atomic E-state index is 0.160. The van der Waals surface area contributed by atoms with Crippen LogP contribution in [0.25, 0.3) is 0 Å². The van der Waals surface area contributed by atoms with E-state index in [0.717, 1.165) is 35.7 Å². The number of nitrogens with one attached hydrogen (secondary N) is 1. The van der Waals surface area contributed by atoms with E-state index in [2.05, 4.69) is 12.2 Å². The molecule has 0 saturated heterocycles. The first-order valence-corrected chi connectivity index (χ1v) is 8.77. The molecule has 0 aliphatic carbocycles. The zero-order chi connectivity index (χ0) is 18.2. The molecule has 1 heterocycles. The second-order valence-corrected chi connectivity index (χ2v) is 6.16. The summed E-state index contributed by atoms with van der Waals surface area (Å²) in [6.45, 7) is 6.86. The van der Waals surface area contributed by atoms with Crippen molar-refractivity contribution in [2.24, 2.45) is 0 Å². The van der Waals surface area contributed by atoms with Gasteiger partial charge in [-0.15, -0.1) is 0 Å². The lowest BCUT2D eigenvalue weighted by Gasteiger charge is -2.11. The Labute approximate surface area is 149 Å². The van der Waals surface area contributed by atoms with E-state index in [1.54, 1.807) is 24.3 Å². The topological polar surface area (TPSA) is 71.7 Å². The largest absolute Gasteiger partial charge is 0.494 e. The van der Waals surface area contributed by atoms with Gasteiger partial charge < -0.3 is 19.6 Å². The number of carbonyl (C=O) groups excluding carboxylic acids is 1. The number of carbonyl (C=O) groups is 1. The maximum absolute atomic E-state index is 12.2. The molecule has 1 atom stereocenters. The molecule has 0 unspecified atom stereocenters. The summed E-state index contributed by atoms with van der Waals surface area (Å²) in [7, 11) is 0. The van der Waals surface area contributed by atoms with Gasteiger partial charge in [-0.1, -0.05) is 13.3 Å². The van der Waals surface area contributed by atoms with E-state index in [0.29, 0.717) is 25.1 Å². The summed E-state index contributed by atoms with van der Waals surface area (Å²) in [4.78, 5) is 12.2. The number of furan rings is 1. The van der Waals surface area contributed by atoms with Gasteiger partial charge in [-0.25, -0.2) is 0 Å². The van der Waals surface area contributed by atoms with Gasteiger partial charge in [0.15, 0.2) is 0 Å². The molecule has 0 fully saturated rings. The fraction of sp³-hybridized carbons (Fsp3) is 0.450. The van der Waals surface area contributed by atoms with Crippen LogP contribution < -0.4 is 10.1 Å². The predicted octanol–water partition coefficient (Wildman–Crippen LogP) is 3.93. The highest BCUT2D eigenvalue weighted by Gasteiger charge is 2.15. The normalized spacial score (nSPS) is 12.0. The zero-order valence-corrected chi connectivity index (χ0v) is 15.2. The second kappa shape index (κ2) is 9.28. The molecular formula is C20H27NO4. The first kappa shape index (κ1) is 19.1. The number of hydrogen-bond acceptors (Lipinski definition) is 4. The van der Waals surface area contributed by atoms with E-state index in [1.165, 1.54) is 0 Å². The van der Waals surface area contributed by atoms with Gasteiger partial charge in [0, 0.05) is 17.7 Å². The van der Waals surface area contributed by atoms with Gasteiger partial charge >= 0.3 is 0 Å². The van der Waals surface area contributed by atoms with Crippen molar-refractivity contribution < 1.29 is 19.1 Å². The quantitative estimate of drug-likeness (QED) is 0.676. The van der Waals surface area contributed by atoms with Crippen molar-refractivity contribution in [2.75, 3.05) is 13.2 Å². The standard InChI is InChI=1S/C20H27NO4/c1-4-5-12-24-17-8-6-16(7-9-17)20(23)21-11-10-19(22)18-13-14(2)25-15(18)3/h6-9,13,19,22H,4-5,10-12H2,1-3H3,(H,21,23)/t19-/m1/s1. The molecule has 0 aliphatic heterocycles. The minimum atomic E-state index is -0.646. The van der Waals surface area contributed by atoms with E-state index >= 15 is 0 Å². The second-order valence-electron chi connectivity index (χ2n) is 6.16. The molecule has 2 aromatic rings. The number of rotatable bonds is 9. The number of aliphatic hydroxyl groups excluding tert-OH is 1. The molecule has 0 radical (unpaired) electrons. The lowest BCUT2D eigenvalue weighted by atomic mass is 10.1. The van der Waals surface area contributed by atoms with Crippen LogP contribution in [0.15, 0.2) is 34.7 Å². The van der Waals surface area contributed by atoms with E-state index in [4.69, 9.17) is 9.15 Å². The van der Waals surface area contributed by atoms with Crippen LogP contribution in [0, 0.1) is 13.8 Å². The van der Waals surface area contributed by atoms with Crippen molar-refractivity contribution in [3.63, 3.8) is 0 Å². The molecule has 5 nitrogen and oxygen atoms in total. The Morgan fingerprint density at radius 2 is 2.00 bits per heavy atom. The third kappa shape index (κ3) is 5.64. The molecule has 0 saturated carbocycles. The molecule has 2 rings (SSSR count). The Morgan fingerprint density at radius 3 is 2.60 bits per heavy atom. The van der Waals surface area contributed by atoms with Gasteiger partial charge in [-0.3, -0.25) is 4.79 Å². The molecule has 2 N–H and O–H groups in total. The first-order chi connectivity index (χ1) is 12.0. The summed E-state index contributed by atoms with van der Waals surface area (Å²) < 4.78 is 11.0. The minimum Gasteiger partial charge on any atom is -0.494 e. The van der Waals surface area contributed by atoms with Crippen molar-refractivity contribution in [3.05, 3.63) is 53.0 Å². The maximum atomic E-state index is 12.2. The van der Waals surface area contributed by atoms with Crippen LogP contribution in [0.1, 0.15) is 59.7 Å². The molecular weight excluding hydrogens is 318 g/mol. The van der Waals surface area contributed by atoms with E-state index in [-0.39, 0.29) is 5.91 Å². The Bertz CT molecular complexity index is 676. The summed E-state index contributed by atoms with van der Waals surface area (Å²) in [5.41, 5.74) is 1.35. The molecule has 136 valence electrons. The van der Waals surface area contributed by atoms with Gasteiger partial charge in [0.25, 0.3) is 5.91 Å². The van der Waals surface area contributed by atoms with Gasteiger partial charge in [0.05, 0.1) is 12.7 Å². The summed E-state index contributed by atoms with van der Waals surface area (Å²) in [5, 5.41) is 13.0. The lowest BCUT2D eigenvalue weighted by Crippen LogP contribution is -2.25. The van der Waals surface area contributed by atoms with Crippen LogP contribution in [-0.2, 0) is 0 Å². The molecule has 1 aromatic carbocycles. The molecule has 0 aliphatic rings. The van der Waals surface area contributed by atoms with Crippen molar-refractivity contribution in [3.8, 4) is 5.75 Å². The van der Waals surface area contributed by atoms with Crippen LogP contribution in [0.3, 0.4) is 0 Å². The molecule has 25 heavy (non-hydrogen) atoms. The Kier molecular flexibility index (Phi) is 7.07. The number of aryl methyl sites for hydroxylation is 2. The van der Waals surface area contributed by atoms with Gasteiger partial charge in [-0.2, -0.15) is 0 Å². The molecule has 5 heteroatoms. The summed E-state index contributed by atoms with van der Waals surface area (Å²) >= 11 is 0. The maximum Gasteiger partial charge on any atom is 0.251 e. The smallest absolute Gasteiger partial charge is 0.251 e. The zero-order valence-electron chi connectivity index (χ0n) is 15.2. The number of amides is 1. The molecule has 0 bridgehead atoms. The molecule has 1 aromatic heterocycles. The van der Waals surface area contributed by atoms with Crippen molar-refractivity contribution in [1.29, 1.82) is 0 Å². The fourth-order valence-corrected chi connectivity index (χ4v) is 2.60. The lowest BCUT2D eigenvalue weighted by molar-refractivity contribution is 0.0942. The average Bonchev–Trinajstić information content (AvgIpc) is 2.94. The summed E-state index contributed by atoms with van der Waals surface area (Å²) in [6.07, 6.45) is 1.89. The van der Waals surface area contributed by atoms with E-state index < -0.39 is 6.10 Å². The molecule has 1 amide bonds. The Balaban J connectivity index is 1.79. The third-order valence-corrected chi connectivity index (χ3v) is 4.02.